The molecule has 1 aliphatic rings. The van der Waals surface area contributed by atoms with Crippen LogP contribution in [0.2, 0.25) is 0 Å². The van der Waals surface area contributed by atoms with Crippen LogP contribution in [0.25, 0.3) is 0 Å². The molecule has 0 amide bonds. The van der Waals surface area contributed by atoms with Gasteiger partial charge in [-0.15, -0.1) is 11.3 Å². The Morgan fingerprint density at radius 3 is 2.88 bits per heavy atom. The van der Waals surface area contributed by atoms with Crippen LogP contribution in [-0.2, 0) is 12.0 Å². The zero-order valence-corrected chi connectivity index (χ0v) is 10.8. The fourth-order valence-electron chi connectivity index (χ4n) is 2.81. The minimum Gasteiger partial charge on any atom is -0.306 e. The zero-order chi connectivity index (χ0) is 11.7. The molecule has 3 rings (SSSR count). The minimum absolute atomic E-state index is 0.0178. The smallest absolute Gasteiger partial charge is 0.0800 e. The van der Waals surface area contributed by atoms with E-state index in [0.29, 0.717) is 0 Å². The van der Waals surface area contributed by atoms with Crippen LogP contribution in [-0.4, -0.2) is 12.0 Å². The third-order valence-electron chi connectivity index (χ3n) is 3.69. The summed E-state index contributed by atoms with van der Waals surface area (Å²) in [6.07, 6.45) is 3.48. The summed E-state index contributed by atoms with van der Waals surface area (Å²) in [5.74, 6) is 0. The second-order valence-corrected chi connectivity index (χ2v) is 5.36. The molecule has 1 atom stereocenters. The van der Waals surface area contributed by atoms with E-state index in [9.17, 15) is 0 Å². The van der Waals surface area contributed by atoms with Gasteiger partial charge in [0.05, 0.1) is 21.6 Å². The number of rotatable bonds is 2. The molecule has 1 N–H and O–H groups in total. The van der Waals surface area contributed by atoms with Gasteiger partial charge in [-0.2, -0.15) is 0 Å². The van der Waals surface area contributed by atoms with Crippen molar-refractivity contribution in [2.75, 3.05) is 7.05 Å². The van der Waals surface area contributed by atoms with E-state index in [0.717, 1.165) is 12.8 Å². The number of aromatic nitrogens is 1. The monoisotopic (exact) mass is 244 g/mol. The molecule has 17 heavy (non-hydrogen) atoms. The van der Waals surface area contributed by atoms with Gasteiger partial charge < -0.3 is 5.32 Å². The third kappa shape index (κ3) is 1.61. The van der Waals surface area contributed by atoms with Crippen LogP contribution in [0.5, 0.6) is 0 Å². The number of nitrogens with zero attached hydrogens (tertiary/aromatic N) is 1. The fraction of sp³-hybridized carbons (Fsp3) is 0.357. The van der Waals surface area contributed by atoms with E-state index in [1.54, 1.807) is 11.3 Å². The first-order chi connectivity index (χ1) is 8.37. The Kier molecular flexibility index (Phi) is 2.73. The van der Waals surface area contributed by atoms with E-state index in [1.165, 1.54) is 22.6 Å². The first-order valence-corrected chi connectivity index (χ1v) is 6.92. The van der Waals surface area contributed by atoms with Crippen LogP contribution in [0.3, 0.4) is 0 Å². The molecule has 1 aromatic heterocycles. The molecule has 0 bridgehead atoms. The number of thiazole rings is 1. The number of nitrogens with one attached hydrogen (secondary N) is 1. The van der Waals surface area contributed by atoms with Crippen LogP contribution >= 0.6 is 11.3 Å². The van der Waals surface area contributed by atoms with E-state index in [4.69, 9.17) is 0 Å². The van der Waals surface area contributed by atoms with Crippen LogP contribution in [0.4, 0.5) is 0 Å². The number of benzene rings is 1. The van der Waals surface area contributed by atoms with Gasteiger partial charge in [0.2, 0.25) is 0 Å². The van der Waals surface area contributed by atoms with Crippen molar-refractivity contribution < 1.29 is 0 Å². The molecule has 3 heteroatoms. The highest BCUT2D eigenvalue weighted by Crippen LogP contribution is 2.41. The van der Waals surface area contributed by atoms with Crippen molar-refractivity contribution in [3.8, 4) is 0 Å². The zero-order valence-electron chi connectivity index (χ0n) is 9.94. The van der Waals surface area contributed by atoms with Gasteiger partial charge >= 0.3 is 0 Å². The molecule has 2 nitrogen and oxygen atoms in total. The average Bonchev–Trinajstić information content (AvgIpc) is 2.88. The molecule has 0 radical (unpaired) electrons. The third-order valence-corrected chi connectivity index (χ3v) is 4.72. The molecule has 0 saturated carbocycles. The van der Waals surface area contributed by atoms with E-state index in [1.807, 2.05) is 5.51 Å². The predicted molar refractivity (Wildman–Crippen MR) is 71.3 cm³/mol. The lowest BCUT2D eigenvalue weighted by atomic mass is 9.79. The molecule has 2 aromatic rings. The largest absolute Gasteiger partial charge is 0.306 e. The maximum absolute atomic E-state index is 4.50. The van der Waals surface area contributed by atoms with Crippen molar-refractivity contribution in [2.24, 2.45) is 0 Å². The summed E-state index contributed by atoms with van der Waals surface area (Å²) < 4.78 is 0. The SMILES string of the molecule is CNC1(c2ccccc2)CCCc2ncsc21. The molecule has 1 aliphatic carbocycles. The van der Waals surface area contributed by atoms with E-state index < -0.39 is 0 Å². The summed E-state index contributed by atoms with van der Waals surface area (Å²) in [4.78, 5) is 5.90. The van der Waals surface area contributed by atoms with E-state index in [2.05, 4.69) is 47.7 Å². The van der Waals surface area contributed by atoms with Crippen LogP contribution in [0.1, 0.15) is 29.0 Å². The predicted octanol–water partition coefficient (Wildman–Crippen LogP) is 2.94. The number of hydrogen-bond acceptors (Lipinski definition) is 3. The van der Waals surface area contributed by atoms with Gasteiger partial charge in [-0.3, -0.25) is 0 Å². The van der Waals surface area contributed by atoms with Gasteiger partial charge in [0, 0.05) is 0 Å². The Morgan fingerprint density at radius 2 is 2.12 bits per heavy atom. The highest BCUT2D eigenvalue weighted by molar-refractivity contribution is 7.10. The molecule has 0 aliphatic heterocycles. The van der Waals surface area contributed by atoms with Crippen LogP contribution < -0.4 is 5.32 Å². The molecule has 0 saturated heterocycles. The molecule has 0 fully saturated rings. The molecule has 88 valence electrons. The lowest BCUT2D eigenvalue weighted by Crippen LogP contribution is -2.43. The Morgan fingerprint density at radius 1 is 1.29 bits per heavy atom. The summed E-state index contributed by atoms with van der Waals surface area (Å²) >= 11 is 1.78. The first kappa shape index (κ1) is 10.9. The number of aryl methyl sites for hydroxylation is 1. The average molecular weight is 244 g/mol. The van der Waals surface area contributed by atoms with Crippen molar-refractivity contribution in [3.05, 3.63) is 52.0 Å². The first-order valence-electron chi connectivity index (χ1n) is 6.04. The highest BCUT2D eigenvalue weighted by Gasteiger charge is 2.38. The standard InChI is InChI=1S/C14H16N2S/c1-15-14(11-6-3-2-4-7-11)9-5-8-12-13(14)17-10-16-12/h2-4,6-7,10,15H,5,8-9H2,1H3. The molecular weight excluding hydrogens is 228 g/mol. The Labute approximate surface area is 106 Å². The topological polar surface area (TPSA) is 24.9 Å². The minimum atomic E-state index is -0.0178. The summed E-state index contributed by atoms with van der Waals surface area (Å²) in [7, 11) is 2.06. The van der Waals surface area contributed by atoms with Crippen molar-refractivity contribution in [1.82, 2.24) is 10.3 Å². The van der Waals surface area contributed by atoms with Crippen LogP contribution in [0.15, 0.2) is 35.8 Å². The van der Waals surface area contributed by atoms with Crippen molar-refractivity contribution >= 4 is 11.3 Å². The second-order valence-electron chi connectivity index (χ2n) is 4.50. The van der Waals surface area contributed by atoms with E-state index >= 15 is 0 Å². The molecule has 1 heterocycles. The lowest BCUT2D eigenvalue weighted by Gasteiger charge is -2.37. The van der Waals surface area contributed by atoms with Gasteiger partial charge in [0.25, 0.3) is 0 Å². The maximum Gasteiger partial charge on any atom is 0.0800 e. The Bertz CT molecular complexity index is 506. The van der Waals surface area contributed by atoms with Gasteiger partial charge in [0.15, 0.2) is 0 Å². The number of fused-ring (bicyclic) bond motifs is 1. The molecular formula is C14H16N2S. The molecule has 0 spiro atoms. The van der Waals surface area contributed by atoms with Gasteiger partial charge in [0.1, 0.15) is 0 Å². The van der Waals surface area contributed by atoms with Crippen LogP contribution in [0, 0.1) is 0 Å². The van der Waals surface area contributed by atoms with Gasteiger partial charge in [-0.05, 0) is 31.9 Å². The highest BCUT2D eigenvalue weighted by atomic mass is 32.1. The summed E-state index contributed by atoms with van der Waals surface area (Å²) in [6, 6.07) is 10.7. The number of hydrogen-bond donors (Lipinski definition) is 1. The second kappa shape index (κ2) is 4.24. The van der Waals surface area contributed by atoms with E-state index in [-0.39, 0.29) is 5.54 Å². The van der Waals surface area contributed by atoms with Gasteiger partial charge in [-0.25, -0.2) is 4.98 Å². The summed E-state index contributed by atoms with van der Waals surface area (Å²) in [5.41, 5.74) is 4.59. The Balaban J connectivity index is 2.17. The fourth-order valence-corrected chi connectivity index (χ4v) is 3.91. The van der Waals surface area contributed by atoms with Crippen molar-refractivity contribution in [1.29, 1.82) is 0 Å². The van der Waals surface area contributed by atoms with Crippen molar-refractivity contribution in [3.63, 3.8) is 0 Å². The quantitative estimate of drug-likeness (QED) is 0.878. The summed E-state index contributed by atoms with van der Waals surface area (Å²) in [5, 5.41) is 3.55. The lowest BCUT2D eigenvalue weighted by molar-refractivity contribution is 0.376. The summed E-state index contributed by atoms with van der Waals surface area (Å²) in [6.45, 7) is 0. The normalized spacial score (nSPS) is 23.4. The van der Waals surface area contributed by atoms with Gasteiger partial charge in [-0.1, -0.05) is 30.3 Å². The molecule has 1 unspecified atom stereocenters. The van der Waals surface area contributed by atoms with Crippen molar-refractivity contribution in [2.45, 2.75) is 24.8 Å². The maximum atomic E-state index is 4.50. The Hall–Kier alpha value is -1.19. The molecule has 1 aromatic carbocycles.